The molecule has 0 fully saturated rings. The Kier molecular flexibility index (Phi) is 10.9. The van der Waals surface area contributed by atoms with E-state index in [2.05, 4.69) is 65.7 Å². The van der Waals surface area contributed by atoms with E-state index in [0.717, 1.165) is 35.3 Å². The first-order chi connectivity index (χ1) is 12.5. The minimum atomic E-state index is 0. The first-order valence-corrected chi connectivity index (χ1v) is 10.1. The second-order valence-electron chi connectivity index (χ2n) is 6.79. The van der Waals surface area contributed by atoms with Gasteiger partial charge < -0.3 is 10.6 Å². The number of halogens is 1. The van der Waals surface area contributed by atoms with E-state index in [4.69, 9.17) is 4.98 Å². The standard InChI is InChI=1S/C20H31N5S.HI/c1-15(2)25(16(3)4)12-11-22-20(21-5)23-13-18-14-26-19(24-18)17-9-7-6-8-10-17;/h6-10,14-16H,11-13H2,1-5H3,(H2,21,22,23);1H. The Bertz CT molecular complexity index is 677. The molecular weight excluding hydrogens is 469 g/mol. The third-order valence-corrected chi connectivity index (χ3v) is 5.16. The van der Waals surface area contributed by atoms with Crippen molar-refractivity contribution < 1.29 is 0 Å². The molecule has 7 heteroatoms. The summed E-state index contributed by atoms with van der Waals surface area (Å²) in [6, 6.07) is 11.4. The number of guanidine groups is 1. The van der Waals surface area contributed by atoms with Crippen LogP contribution in [0.3, 0.4) is 0 Å². The lowest BCUT2D eigenvalue weighted by Crippen LogP contribution is -2.45. The van der Waals surface area contributed by atoms with Crippen LogP contribution in [-0.4, -0.2) is 48.1 Å². The molecule has 1 aromatic heterocycles. The zero-order chi connectivity index (χ0) is 18.9. The molecule has 2 aromatic rings. The fraction of sp³-hybridized carbons (Fsp3) is 0.500. The molecular formula is C20H32IN5S. The summed E-state index contributed by atoms with van der Waals surface area (Å²) in [5.41, 5.74) is 2.19. The highest BCUT2D eigenvalue weighted by Gasteiger charge is 2.12. The first-order valence-electron chi connectivity index (χ1n) is 9.21. The molecule has 5 nitrogen and oxygen atoms in total. The SMILES string of the molecule is CN=C(NCCN(C(C)C)C(C)C)NCc1csc(-c2ccccc2)n1.I. The number of aliphatic imine (C=N–C) groups is 1. The van der Waals surface area contributed by atoms with Gasteiger partial charge in [0.2, 0.25) is 0 Å². The summed E-state index contributed by atoms with van der Waals surface area (Å²) in [6.07, 6.45) is 0. The van der Waals surface area contributed by atoms with Gasteiger partial charge >= 0.3 is 0 Å². The minimum absolute atomic E-state index is 0. The molecule has 1 heterocycles. The smallest absolute Gasteiger partial charge is 0.191 e. The van der Waals surface area contributed by atoms with Gasteiger partial charge in [-0.3, -0.25) is 9.89 Å². The summed E-state index contributed by atoms with van der Waals surface area (Å²) in [6.45, 7) is 11.5. The second kappa shape index (κ2) is 12.3. The van der Waals surface area contributed by atoms with E-state index in [0.29, 0.717) is 18.6 Å². The number of benzene rings is 1. The lowest BCUT2D eigenvalue weighted by atomic mass is 10.2. The van der Waals surface area contributed by atoms with Crippen LogP contribution in [0.15, 0.2) is 40.7 Å². The van der Waals surface area contributed by atoms with Crippen LogP contribution >= 0.6 is 35.3 Å². The molecule has 0 unspecified atom stereocenters. The van der Waals surface area contributed by atoms with Crippen LogP contribution in [-0.2, 0) is 6.54 Å². The molecule has 2 N–H and O–H groups in total. The molecule has 27 heavy (non-hydrogen) atoms. The Morgan fingerprint density at radius 1 is 1.11 bits per heavy atom. The lowest BCUT2D eigenvalue weighted by Gasteiger charge is -2.30. The highest BCUT2D eigenvalue weighted by molar-refractivity contribution is 14.0. The van der Waals surface area contributed by atoms with Gasteiger partial charge in [-0.15, -0.1) is 35.3 Å². The molecule has 0 spiro atoms. The fourth-order valence-electron chi connectivity index (χ4n) is 2.91. The van der Waals surface area contributed by atoms with Gasteiger partial charge in [-0.1, -0.05) is 30.3 Å². The van der Waals surface area contributed by atoms with Crippen molar-refractivity contribution in [1.82, 2.24) is 20.5 Å². The molecule has 0 bridgehead atoms. The third kappa shape index (κ3) is 7.75. The molecule has 0 atom stereocenters. The Labute approximate surface area is 184 Å². The van der Waals surface area contributed by atoms with Crippen LogP contribution in [0.4, 0.5) is 0 Å². The van der Waals surface area contributed by atoms with E-state index in [9.17, 15) is 0 Å². The van der Waals surface area contributed by atoms with E-state index in [1.165, 1.54) is 0 Å². The normalized spacial score (nSPS) is 11.8. The second-order valence-corrected chi connectivity index (χ2v) is 7.65. The summed E-state index contributed by atoms with van der Waals surface area (Å²) in [4.78, 5) is 11.5. The van der Waals surface area contributed by atoms with E-state index in [1.807, 2.05) is 18.2 Å². The maximum atomic E-state index is 4.71. The van der Waals surface area contributed by atoms with Crippen molar-refractivity contribution in [2.75, 3.05) is 20.1 Å². The highest BCUT2D eigenvalue weighted by atomic mass is 127. The van der Waals surface area contributed by atoms with Crippen LogP contribution in [0.25, 0.3) is 10.6 Å². The van der Waals surface area contributed by atoms with Gasteiger partial charge in [0.15, 0.2) is 5.96 Å². The summed E-state index contributed by atoms with van der Waals surface area (Å²) in [5.74, 6) is 0.812. The Morgan fingerprint density at radius 3 is 2.37 bits per heavy atom. The van der Waals surface area contributed by atoms with Crippen molar-refractivity contribution in [2.24, 2.45) is 4.99 Å². The summed E-state index contributed by atoms with van der Waals surface area (Å²) in [7, 11) is 1.80. The van der Waals surface area contributed by atoms with E-state index in [-0.39, 0.29) is 24.0 Å². The zero-order valence-corrected chi connectivity index (χ0v) is 20.0. The number of rotatable bonds is 8. The van der Waals surface area contributed by atoms with Crippen molar-refractivity contribution in [3.8, 4) is 10.6 Å². The largest absolute Gasteiger partial charge is 0.355 e. The minimum Gasteiger partial charge on any atom is -0.355 e. The van der Waals surface area contributed by atoms with Crippen molar-refractivity contribution >= 4 is 41.3 Å². The van der Waals surface area contributed by atoms with E-state index < -0.39 is 0 Å². The summed E-state index contributed by atoms with van der Waals surface area (Å²) >= 11 is 1.67. The first kappa shape index (κ1) is 23.8. The topological polar surface area (TPSA) is 52.6 Å². The highest BCUT2D eigenvalue weighted by Crippen LogP contribution is 2.23. The van der Waals surface area contributed by atoms with Crippen molar-refractivity contribution in [3.05, 3.63) is 41.4 Å². The molecule has 0 radical (unpaired) electrons. The number of nitrogens with one attached hydrogen (secondary N) is 2. The number of hydrogen-bond donors (Lipinski definition) is 2. The van der Waals surface area contributed by atoms with Crippen LogP contribution in [0.2, 0.25) is 0 Å². The van der Waals surface area contributed by atoms with Crippen LogP contribution in [0, 0.1) is 0 Å². The third-order valence-electron chi connectivity index (χ3n) is 4.22. The average molecular weight is 501 g/mol. The van der Waals surface area contributed by atoms with Gasteiger partial charge in [0.25, 0.3) is 0 Å². The van der Waals surface area contributed by atoms with Gasteiger partial charge in [-0.05, 0) is 27.7 Å². The zero-order valence-electron chi connectivity index (χ0n) is 16.9. The number of nitrogens with zero attached hydrogens (tertiary/aromatic N) is 3. The van der Waals surface area contributed by atoms with Crippen LogP contribution in [0.1, 0.15) is 33.4 Å². The number of aromatic nitrogens is 1. The summed E-state index contributed by atoms with van der Waals surface area (Å²) < 4.78 is 0. The molecule has 0 saturated carbocycles. The maximum absolute atomic E-state index is 4.71. The fourth-order valence-corrected chi connectivity index (χ4v) is 3.74. The molecule has 150 valence electrons. The lowest BCUT2D eigenvalue weighted by molar-refractivity contribution is 0.178. The van der Waals surface area contributed by atoms with Crippen molar-refractivity contribution in [1.29, 1.82) is 0 Å². The Balaban J connectivity index is 0.00000364. The quantitative estimate of drug-likeness (QED) is 0.323. The predicted octanol–water partition coefficient (Wildman–Crippen LogP) is 4.21. The van der Waals surface area contributed by atoms with Gasteiger partial charge in [0.05, 0.1) is 12.2 Å². The molecule has 2 rings (SSSR count). The van der Waals surface area contributed by atoms with Crippen molar-refractivity contribution in [2.45, 2.75) is 46.3 Å². The number of hydrogen-bond acceptors (Lipinski definition) is 4. The Morgan fingerprint density at radius 2 is 1.78 bits per heavy atom. The summed E-state index contributed by atoms with van der Waals surface area (Å²) in [5, 5.41) is 9.89. The number of thiazole rings is 1. The van der Waals surface area contributed by atoms with E-state index in [1.54, 1.807) is 18.4 Å². The van der Waals surface area contributed by atoms with Gasteiger partial charge in [0.1, 0.15) is 5.01 Å². The molecule has 0 aliphatic carbocycles. The average Bonchev–Trinajstić information content (AvgIpc) is 3.10. The Hall–Kier alpha value is -1.19. The molecule has 0 aliphatic heterocycles. The van der Waals surface area contributed by atoms with Crippen LogP contribution in [0.5, 0.6) is 0 Å². The van der Waals surface area contributed by atoms with Gasteiger partial charge in [0, 0.05) is 43.2 Å². The monoisotopic (exact) mass is 501 g/mol. The molecule has 0 amide bonds. The molecule has 0 aliphatic rings. The van der Waals surface area contributed by atoms with Gasteiger partial charge in [-0.25, -0.2) is 4.98 Å². The van der Waals surface area contributed by atoms with Gasteiger partial charge in [-0.2, -0.15) is 0 Å². The van der Waals surface area contributed by atoms with Crippen LogP contribution < -0.4 is 10.6 Å². The van der Waals surface area contributed by atoms with E-state index >= 15 is 0 Å². The molecule has 1 aromatic carbocycles. The predicted molar refractivity (Wildman–Crippen MR) is 128 cm³/mol. The molecule has 0 saturated heterocycles. The van der Waals surface area contributed by atoms with Crippen molar-refractivity contribution in [3.63, 3.8) is 0 Å². The maximum Gasteiger partial charge on any atom is 0.191 e.